The highest BCUT2D eigenvalue weighted by Gasteiger charge is 2.27. The maximum Gasteiger partial charge on any atom is 0.126 e. The molecule has 1 saturated heterocycles. The highest BCUT2D eigenvalue weighted by atomic mass is 16.5. The van der Waals surface area contributed by atoms with Crippen LogP contribution in [0.4, 0.5) is 0 Å². The molecule has 0 saturated carbocycles. The molecule has 2 unspecified atom stereocenters. The second-order valence-electron chi connectivity index (χ2n) is 3.70. The van der Waals surface area contributed by atoms with Crippen LogP contribution in [0.1, 0.15) is 0 Å². The summed E-state index contributed by atoms with van der Waals surface area (Å²) < 4.78 is 5.91. The molecule has 0 aliphatic carbocycles. The number of nitrogens with zero attached hydrogens (tertiary/aromatic N) is 1. The summed E-state index contributed by atoms with van der Waals surface area (Å²) in [4.78, 5) is 0. The summed E-state index contributed by atoms with van der Waals surface area (Å²) >= 11 is 0. The van der Waals surface area contributed by atoms with Crippen LogP contribution >= 0.6 is 0 Å². The first-order valence-electron chi connectivity index (χ1n) is 4.36. The van der Waals surface area contributed by atoms with Gasteiger partial charge in [-0.05, 0) is 0 Å². The monoisotopic (exact) mass is 176 g/mol. The van der Waals surface area contributed by atoms with E-state index in [4.69, 9.17) is 9.84 Å². The van der Waals surface area contributed by atoms with Crippen molar-refractivity contribution in [1.82, 2.24) is 0 Å². The number of ether oxygens (including phenoxy) is 1. The lowest BCUT2D eigenvalue weighted by atomic mass is 10.3. The molecule has 12 heavy (non-hydrogen) atoms. The minimum Gasteiger partial charge on any atom is -0.391 e. The van der Waals surface area contributed by atoms with E-state index in [1.807, 2.05) is 7.05 Å². The highest BCUT2D eigenvalue weighted by Crippen LogP contribution is 2.08. The summed E-state index contributed by atoms with van der Waals surface area (Å²) in [7, 11) is 2.04. The third kappa shape index (κ3) is 2.71. The SMILES string of the molecule is C[N+]1(CCO)CCOCC(O)C1. The normalized spacial score (nSPS) is 37.8. The van der Waals surface area contributed by atoms with E-state index in [9.17, 15) is 5.11 Å². The van der Waals surface area contributed by atoms with Gasteiger partial charge in [0.15, 0.2) is 0 Å². The maximum atomic E-state index is 9.43. The first-order valence-corrected chi connectivity index (χ1v) is 4.36. The smallest absolute Gasteiger partial charge is 0.126 e. The zero-order valence-corrected chi connectivity index (χ0v) is 7.57. The summed E-state index contributed by atoms with van der Waals surface area (Å²) in [6.45, 7) is 3.52. The predicted octanol–water partition coefficient (Wildman–Crippen LogP) is -1.18. The van der Waals surface area contributed by atoms with Gasteiger partial charge in [-0.25, -0.2) is 0 Å². The van der Waals surface area contributed by atoms with Crippen molar-refractivity contribution < 1.29 is 19.4 Å². The molecule has 0 aromatic rings. The van der Waals surface area contributed by atoms with E-state index < -0.39 is 0 Å². The van der Waals surface area contributed by atoms with Gasteiger partial charge in [0.2, 0.25) is 0 Å². The first kappa shape index (κ1) is 9.92. The predicted molar refractivity (Wildman–Crippen MR) is 44.7 cm³/mol. The van der Waals surface area contributed by atoms with Gasteiger partial charge >= 0.3 is 0 Å². The minimum atomic E-state index is -0.385. The topological polar surface area (TPSA) is 49.7 Å². The van der Waals surface area contributed by atoms with Crippen molar-refractivity contribution in [2.75, 3.05) is 46.5 Å². The van der Waals surface area contributed by atoms with E-state index >= 15 is 0 Å². The Hall–Kier alpha value is -0.160. The highest BCUT2D eigenvalue weighted by molar-refractivity contribution is 4.57. The summed E-state index contributed by atoms with van der Waals surface area (Å²) in [5.74, 6) is 0. The van der Waals surface area contributed by atoms with Gasteiger partial charge in [-0.2, -0.15) is 0 Å². The molecule has 1 heterocycles. The number of likely N-dealkylation sites (N-methyl/N-ethyl adjacent to an activating group) is 1. The molecule has 4 heteroatoms. The van der Waals surface area contributed by atoms with E-state index in [0.29, 0.717) is 30.8 Å². The van der Waals surface area contributed by atoms with Gasteiger partial charge in [0.05, 0.1) is 26.9 Å². The Morgan fingerprint density at radius 1 is 1.58 bits per heavy atom. The molecule has 72 valence electrons. The molecule has 0 radical (unpaired) electrons. The van der Waals surface area contributed by atoms with Crippen molar-refractivity contribution in [2.45, 2.75) is 6.10 Å². The van der Waals surface area contributed by atoms with E-state index in [-0.39, 0.29) is 12.7 Å². The van der Waals surface area contributed by atoms with Gasteiger partial charge in [-0.15, -0.1) is 0 Å². The average Bonchev–Trinajstić information content (AvgIpc) is 2.12. The fraction of sp³-hybridized carbons (Fsp3) is 1.00. The van der Waals surface area contributed by atoms with Crippen LogP contribution in [-0.2, 0) is 4.74 Å². The lowest BCUT2D eigenvalue weighted by molar-refractivity contribution is -0.910. The Bertz CT molecular complexity index is 142. The number of aliphatic hydroxyl groups excluding tert-OH is 2. The molecule has 0 aromatic carbocycles. The molecular weight excluding hydrogens is 158 g/mol. The maximum absolute atomic E-state index is 9.43. The molecular formula is C8H18NO3+. The van der Waals surface area contributed by atoms with Gasteiger partial charge in [0.25, 0.3) is 0 Å². The molecule has 2 N–H and O–H groups in total. The molecule has 1 aliphatic rings. The van der Waals surface area contributed by atoms with E-state index in [0.717, 1.165) is 6.54 Å². The van der Waals surface area contributed by atoms with Gasteiger partial charge in [0.1, 0.15) is 25.7 Å². The van der Waals surface area contributed by atoms with E-state index in [1.54, 1.807) is 0 Å². The van der Waals surface area contributed by atoms with Crippen LogP contribution in [0.15, 0.2) is 0 Å². The van der Waals surface area contributed by atoms with Crippen molar-refractivity contribution in [1.29, 1.82) is 0 Å². The Morgan fingerprint density at radius 2 is 2.33 bits per heavy atom. The summed E-state index contributed by atoms with van der Waals surface area (Å²) in [5, 5.41) is 18.3. The molecule has 1 rings (SSSR count). The Morgan fingerprint density at radius 3 is 3.00 bits per heavy atom. The number of rotatable bonds is 2. The molecule has 0 bridgehead atoms. The molecule has 1 aliphatic heterocycles. The van der Waals surface area contributed by atoms with Crippen molar-refractivity contribution in [3.8, 4) is 0 Å². The summed E-state index contributed by atoms with van der Waals surface area (Å²) in [6.07, 6.45) is -0.385. The number of hydrogen-bond acceptors (Lipinski definition) is 3. The quantitative estimate of drug-likeness (QED) is 0.520. The fourth-order valence-electron chi connectivity index (χ4n) is 1.60. The molecule has 0 amide bonds. The minimum absolute atomic E-state index is 0.170. The van der Waals surface area contributed by atoms with Gasteiger partial charge in [0, 0.05) is 0 Å². The lowest BCUT2D eigenvalue weighted by Gasteiger charge is -2.32. The molecule has 4 nitrogen and oxygen atoms in total. The molecule has 2 atom stereocenters. The van der Waals surface area contributed by atoms with Crippen molar-refractivity contribution in [3.05, 3.63) is 0 Å². The Balaban J connectivity index is 2.49. The van der Waals surface area contributed by atoms with Crippen LogP contribution in [0.5, 0.6) is 0 Å². The average molecular weight is 176 g/mol. The standard InChI is InChI=1S/C8H18NO3/c1-9(2-4-10)3-5-12-7-8(11)6-9/h8,10-11H,2-7H2,1H3/q+1. The van der Waals surface area contributed by atoms with Crippen molar-refractivity contribution in [3.63, 3.8) is 0 Å². The second kappa shape index (κ2) is 4.18. The van der Waals surface area contributed by atoms with Gasteiger partial charge < -0.3 is 19.4 Å². The van der Waals surface area contributed by atoms with Crippen LogP contribution in [0.25, 0.3) is 0 Å². The van der Waals surface area contributed by atoms with Crippen LogP contribution < -0.4 is 0 Å². The summed E-state index contributed by atoms with van der Waals surface area (Å²) in [6, 6.07) is 0. The third-order valence-corrected chi connectivity index (χ3v) is 2.38. The largest absolute Gasteiger partial charge is 0.391 e. The van der Waals surface area contributed by atoms with Gasteiger partial charge in [-0.3, -0.25) is 0 Å². The van der Waals surface area contributed by atoms with Crippen LogP contribution in [-0.4, -0.2) is 67.3 Å². The van der Waals surface area contributed by atoms with Crippen LogP contribution in [0, 0.1) is 0 Å². The molecule has 0 spiro atoms. The Kier molecular flexibility index (Phi) is 3.46. The zero-order valence-electron chi connectivity index (χ0n) is 7.57. The first-order chi connectivity index (χ1) is 5.66. The third-order valence-electron chi connectivity index (χ3n) is 2.38. The number of quaternary nitrogens is 1. The van der Waals surface area contributed by atoms with E-state index in [2.05, 4.69) is 0 Å². The summed E-state index contributed by atoms with van der Waals surface area (Å²) in [5.41, 5.74) is 0. The second-order valence-corrected chi connectivity index (χ2v) is 3.70. The van der Waals surface area contributed by atoms with Crippen LogP contribution in [0.2, 0.25) is 0 Å². The molecule has 0 aromatic heterocycles. The molecule has 1 fully saturated rings. The van der Waals surface area contributed by atoms with Crippen molar-refractivity contribution in [2.24, 2.45) is 0 Å². The zero-order chi connectivity index (χ0) is 9.03. The number of aliphatic hydroxyl groups is 2. The van der Waals surface area contributed by atoms with Crippen molar-refractivity contribution >= 4 is 0 Å². The van der Waals surface area contributed by atoms with Crippen LogP contribution in [0.3, 0.4) is 0 Å². The Labute approximate surface area is 73.0 Å². The van der Waals surface area contributed by atoms with Gasteiger partial charge in [-0.1, -0.05) is 0 Å². The lowest BCUT2D eigenvalue weighted by Crippen LogP contribution is -2.50. The fourth-order valence-corrected chi connectivity index (χ4v) is 1.60. The van der Waals surface area contributed by atoms with E-state index in [1.165, 1.54) is 0 Å². The number of hydrogen-bond donors (Lipinski definition) is 2.